The van der Waals surface area contributed by atoms with Gasteiger partial charge < -0.3 is 20.1 Å². The number of nitrogens with one attached hydrogen (secondary N) is 3. The van der Waals surface area contributed by atoms with Crippen LogP contribution < -0.4 is 20.1 Å². The van der Waals surface area contributed by atoms with Gasteiger partial charge in [0.1, 0.15) is 11.6 Å². The molecule has 1 heterocycles. The summed E-state index contributed by atoms with van der Waals surface area (Å²) in [4.78, 5) is 8.61. The number of ether oxygens (including phenoxy) is 1. The van der Waals surface area contributed by atoms with Crippen molar-refractivity contribution in [1.82, 2.24) is 9.97 Å². The molecule has 1 aromatic heterocycles. The van der Waals surface area contributed by atoms with Gasteiger partial charge in [0.05, 0.1) is 21.5 Å². The van der Waals surface area contributed by atoms with Gasteiger partial charge in [-0.2, -0.15) is 13.8 Å². The molecule has 0 atom stereocenters. The number of para-hydroxylation sites is 4. The molecule has 10 heteroatoms. The molecule has 0 amide bonds. The van der Waals surface area contributed by atoms with Crippen molar-refractivity contribution in [2.75, 3.05) is 21.6 Å². The summed E-state index contributed by atoms with van der Waals surface area (Å²) in [6.45, 7) is -2.92. The third-order valence-electron chi connectivity index (χ3n) is 3.49. The Hall–Kier alpha value is -2.59. The molecule has 0 unspecified atom stereocenters. The van der Waals surface area contributed by atoms with Crippen LogP contribution >= 0.6 is 27.9 Å². The first-order chi connectivity index (χ1) is 13.6. The molecule has 0 spiro atoms. The SMILES string of the molecule is CSNc1ccccc1Nc1nc(Nc2ccccc2OC(F)F)ncc1Br. The zero-order valence-electron chi connectivity index (χ0n) is 14.6. The Morgan fingerprint density at radius 1 is 1.00 bits per heavy atom. The Morgan fingerprint density at radius 3 is 2.39 bits per heavy atom. The van der Waals surface area contributed by atoms with Crippen molar-refractivity contribution in [2.45, 2.75) is 6.61 Å². The smallest absolute Gasteiger partial charge is 0.387 e. The Balaban J connectivity index is 1.85. The Bertz CT molecular complexity index is 947. The van der Waals surface area contributed by atoms with Crippen molar-refractivity contribution in [3.8, 4) is 5.75 Å². The van der Waals surface area contributed by atoms with E-state index >= 15 is 0 Å². The molecule has 3 aromatic rings. The van der Waals surface area contributed by atoms with E-state index in [9.17, 15) is 8.78 Å². The number of hydrogen-bond donors (Lipinski definition) is 3. The van der Waals surface area contributed by atoms with Crippen LogP contribution in [-0.2, 0) is 0 Å². The summed E-state index contributed by atoms with van der Waals surface area (Å²) in [5, 5.41) is 6.14. The quantitative estimate of drug-likeness (QED) is 0.350. The fraction of sp³-hybridized carbons (Fsp3) is 0.111. The molecule has 0 saturated heterocycles. The predicted molar refractivity (Wildman–Crippen MR) is 113 cm³/mol. The van der Waals surface area contributed by atoms with Gasteiger partial charge in [0.2, 0.25) is 5.95 Å². The third kappa shape index (κ3) is 5.23. The van der Waals surface area contributed by atoms with Crippen molar-refractivity contribution >= 4 is 56.7 Å². The Kier molecular flexibility index (Phi) is 6.88. The van der Waals surface area contributed by atoms with E-state index in [1.807, 2.05) is 30.5 Å². The lowest BCUT2D eigenvalue weighted by Crippen LogP contribution is -2.06. The van der Waals surface area contributed by atoms with E-state index in [1.54, 1.807) is 24.4 Å². The van der Waals surface area contributed by atoms with Crippen molar-refractivity contribution < 1.29 is 13.5 Å². The highest BCUT2D eigenvalue weighted by atomic mass is 79.9. The highest BCUT2D eigenvalue weighted by Crippen LogP contribution is 2.32. The lowest BCUT2D eigenvalue weighted by molar-refractivity contribution is -0.0493. The normalized spacial score (nSPS) is 10.6. The van der Waals surface area contributed by atoms with E-state index in [2.05, 4.69) is 46.0 Å². The van der Waals surface area contributed by atoms with Gasteiger partial charge in [-0.1, -0.05) is 36.2 Å². The van der Waals surface area contributed by atoms with Crippen LogP contribution in [-0.4, -0.2) is 22.8 Å². The summed E-state index contributed by atoms with van der Waals surface area (Å²) in [5.41, 5.74) is 2.05. The van der Waals surface area contributed by atoms with Crippen molar-refractivity contribution in [3.63, 3.8) is 0 Å². The molecule has 2 aromatic carbocycles. The summed E-state index contributed by atoms with van der Waals surface area (Å²) in [7, 11) is 0. The Morgan fingerprint density at radius 2 is 1.68 bits per heavy atom. The molecule has 0 aliphatic carbocycles. The highest BCUT2D eigenvalue weighted by molar-refractivity contribution is 9.10. The van der Waals surface area contributed by atoms with Crippen molar-refractivity contribution in [3.05, 3.63) is 59.2 Å². The summed E-state index contributed by atoms with van der Waals surface area (Å²) < 4.78 is 33.5. The van der Waals surface area contributed by atoms with E-state index < -0.39 is 6.61 Å². The van der Waals surface area contributed by atoms with Crippen molar-refractivity contribution in [1.29, 1.82) is 0 Å². The van der Waals surface area contributed by atoms with Crippen LogP contribution in [0.15, 0.2) is 59.2 Å². The van der Waals surface area contributed by atoms with Gasteiger partial charge in [0.25, 0.3) is 0 Å². The molecule has 0 aliphatic heterocycles. The summed E-state index contributed by atoms with van der Waals surface area (Å²) in [6.07, 6.45) is 3.50. The standard InChI is InChI=1S/C18H16BrF2N5OS/c1-28-26-13-7-3-2-6-12(13)23-16-11(19)10-22-18(25-16)24-14-8-4-5-9-15(14)27-17(20)21/h2-10,17,26H,1H3,(H2,22,23,24,25). The van der Waals surface area contributed by atoms with Crippen molar-refractivity contribution in [2.24, 2.45) is 0 Å². The first kappa shape index (κ1) is 20.2. The van der Waals surface area contributed by atoms with Crippen LogP contribution in [0.3, 0.4) is 0 Å². The van der Waals surface area contributed by atoms with E-state index in [0.29, 0.717) is 16.0 Å². The first-order valence-electron chi connectivity index (χ1n) is 8.05. The molecular weight excluding hydrogens is 452 g/mol. The maximum atomic E-state index is 12.6. The van der Waals surface area contributed by atoms with Crippen LogP contribution in [0.5, 0.6) is 5.75 Å². The van der Waals surface area contributed by atoms with Gasteiger partial charge in [-0.25, -0.2) is 4.98 Å². The molecule has 146 valence electrons. The second-order valence-corrected chi connectivity index (χ2v) is 6.83. The minimum Gasteiger partial charge on any atom is -0.433 e. The first-order valence-corrected chi connectivity index (χ1v) is 10.1. The van der Waals surface area contributed by atoms with Gasteiger partial charge in [-0.15, -0.1) is 0 Å². The van der Waals surface area contributed by atoms with Gasteiger partial charge >= 0.3 is 6.61 Å². The number of aromatic nitrogens is 2. The lowest BCUT2D eigenvalue weighted by Gasteiger charge is -2.15. The minimum atomic E-state index is -2.92. The molecule has 0 aliphatic rings. The van der Waals surface area contributed by atoms with Gasteiger partial charge in [-0.05, 0) is 40.2 Å². The molecule has 0 radical (unpaired) electrons. The highest BCUT2D eigenvalue weighted by Gasteiger charge is 2.12. The second kappa shape index (κ2) is 9.56. The average molecular weight is 468 g/mol. The topological polar surface area (TPSA) is 71.1 Å². The maximum Gasteiger partial charge on any atom is 0.387 e. The number of hydrogen-bond acceptors (Lipinski definition) is 7. The minimum absolute atomic E-state index is 0.00745. The van der Waals surface area contributed by atoms with E-state index in [0.717, 1.165) is 11.4 Å². The predicted octanol–water partition coefficient (Wildman–Crippen LogP) is 6.02. The number of halogens is 3. The van der Waals surface area contributed by atoms with Crippen LogP contribution in [0.1, 0.15) is 0 Å². The van der Waals surface area contributed by atoms with Crippen LogP contribution in [0.25, 0.3) is 0 Å². The summed E-state index contributed by atoms with van der Waals surface area (Å²) >= 11 is 4.89. The van der Waals surface area contributed by atoms with E-state index in [1.165, 1.54) is 18.0 Å². The van der Waals surface area contributed by atoms with Crippen LogP contribution in [0.4, 0.5) is 37.6 Å². The molecule has 3 N–H and O–H groups in total. The molecule has 28 heavy (non-hydrogen) atoms. The van der Waals surface area contributed by atoms with Crippen LogP contribution in [0, 0.1) is 0 Å². The number of nitrogens with zero attached hydrogens (tertiary/aromatic N) is 2. The molecular formula is C18H16BrF2N5OS. The second-order valence-electron chi connectivity index (χ2n) is 5.37. The number of alkyl halides is 2. The lowest BCUT2D eigenvalue weighted by atomic mass is 10.2. The molecule has 6 nitrogen and oxygen atoms in total. The fourth-order valence-corrected chi connectivity index (χ4v) is 3.01. The summed E-state index contributed by atoms with van der Waals surface area (Å²) in [5.74, 6) is 0.750. The molecule has 0 fully saturated rings. The third-order valence-corrected chi connectivity index (χ3v) is 4.49. The fourth-order valence-electron chi connectivity index (χ4n) is 2.32. The maximum absolute atomic E-state index is 12.6. The van der Waals surface area contributed by atoms with Crippen LogP contribution in [0.2, 0.25) is 0 Å². The zero-order chi connectivity index (χ0) is 19.9. The number of benzene rings is 2. The molecule has 0 bridgehead atoms. The van der Waals surface area contributed by atoms with Gasteiger partial charge in [0, 0.05) is 12.5 Å². The van der Waals surface area contributed by atoms with Gasteiger partial charge in [-0.3, -0.25) is 0 Å². The Labute approximate surface area is 173 Å². The largest absolute Gasteiger partial charge is 0.433 e. The monoisotopic (exact) mass is 467 g/mol. The van der Waals surface area contributed by atoms with E-state index in [-0.39, 0.29) is 11.7 Å². The van der Waals surface area contributed by atoms with Gasteiger partial charge in [0.15, 0.2) is 0 Å². The zero-order valence-corrected chi connectivity index (χ0v) is 17.0. The molecule has 3 rings (SSSR count). The number of anilines is 5. The number of rotatable bonds is 8. The average Bonchev–Trinajstić information content (AvgIpc) is 2.67. The summed E-state index contributed by atoms with van der Waals surface area (Å²) in [6, 6.07) is 14.0. The van der Waals surface area contributed by atoms with E-state index in [4.69, 9.17) is 0 Å². The molecule has 0 saturated carbocycles.